The first-order valence-electron chi connectivity index (χ1n) is 8.47. The lowest BCUT2D eigenvalue weighted by Crippen LogP contribution is -2.47. The molecule has 0 saturated carbocycles. The fourth-order valence-corrected chi connectivity index (χ4v) is 6.31. The van der Waals surface area contributed by atoms with Crippen LogP contribution in [0.5, 0.6) is 11.5 Å². The van der Waals surface area contributed by atoms with Crippen LogP contribution in [0.1, 0.15) is 16.5 Å². The maximum Gasteiger partial charge on any atom is 0.267 e. The van der Waals surface area contributed by atoms with Crippen LogP contribution in [0.25, 0.3) is 0 Å². The van der Waals surface area contributed by atoms with E-state index in [1.54, 1.807) is 17.0 Å². The van der Waals surface area contributed by atoms with Crippen molar-refractivity contribution in [1.29, 1.82) is 0 Å². The average molecular weight is 393 g/mol. The number of amides is 1. The van der Waals surface area contributed by atoms with Gasteiger partial charge in [0.15, 0.2) is 21.3 Å². The van der Waals surface area contributed by atoms with E-state index >= 15 is 0 Å². The first-order valence-corrected chi connectivity index (χ1v) is 11.1. The van der Waals surface area contributed by atoms with Crippen LogP contribution in [-0.4, -0.2) is 50.8 Å². The smallest absolute Gasteiger partial charge is 0.267 e. The molecule has 0 N–H and O–H groups in total. The predicted octanol–water partition coefficient (Wildman–Crippen LogP) is 2.28. The number of sulfone groups is 1. The molecule has 0 unspecified atom stereocenters. The lowest BCUT2D eigenvalue weighted by atomic mass is 10.2. The molecule has 1 amide bonds. The predicted molar refractivity (Wildman–Crippen MR) is 98.4 cm³/mol. The SMILES string of the molecule is O=C([C@H]1COc2ccccc2O1)N1CC[C@H](c2cccs2)S(=O)(=O)CC1. The average Bonchev–Trinajstić information content (AvgIpc) is 3.12. The third-order valence-electron chi connectivity index (χ3n) is 4.70. The molecule has 8 heteroatoms. The molecule has 0 radical (unpaired) electrons. The monoisotopic (exact) mass is 393 g/mol. The third kappa shape index (κ3) is 3.31. The van der Waals surface area contributed by atoms with Gasteiger partial charge in [0.2, 0.25) is 6.10 Å². The van der Waals surface area contributed by atoms with Crippen LogP contribution in [0.15, 0.2) is 41.8 Å². The second-order valence-electron chi connectivity index (χ2n) is 6.35. The summed E-state index contributed by atoms with van der Waals surface area (Å²) in [6.45, 7) is 0.708. The van der Waals surface area contributed by atoms with Gasteiger partial charge in [-0.25, -0.2) is 8.42 Å². The van der Waals surface area contributed by atoms with Gasteiger partial charge in [-0.05, 0) is 30.0 Å². The second-order valence-corrected chi connectivity index (χ2v) is 9.63. The molecule has 2 aliphatic heterocycles. The fraction of sp³-hybridized carbons (Fsp3) is 0.389. The van der Waals surface area contributed by atoms with Crippen molar-refractivity contribution in [3.8, 4) is 11.5 Å². The Labute approximate surface area is 156 Å². The van der Waals surface area contributed by atoms with E-state index in [1.807, 2.05) is 29.6 Å². The van der Waals surface area contributed by atoms with Crippen LogP contribution in [0, 0.1) is 0 Å². The van der Waals surface area contributed by atoms with E-state index in [-0.39, 0.29) is 24.8 Å². The molecule has 0 bridgehead atoms. The molecule has 3 heterocycles. The van der Waals surface area contributed by atoms with Gasteiger partial charge in [-0.15, -0.1) is 11.3 Å². The summed E-state index contributed by atoms with van der Waals surface area (Å²) in [4.78, 5) is 15.3. The number of para-hydroxylation sites is 2. The Bertz CT molecular complexity index is 894. The van der Waals surface area contributed by atoms with Gasteiger partial charge in [-0.2, -0.15) is 0 Å². The highest BCUT2D eigenvalue weighted by Gasteiger charge is 2.37. The van der Waals surface area contributed by atoms with Crippen LogP contribution in [0.2, 0.25) is 0 Å². The number of benzene rings is 1. The minimum absolute atomic E-state index is 0.0362. The van der Waals surface area contributed by atoms with E-state index in [0.717, 1.165) is 4.88 Å². The van der Waals surface area contributed by atoms with Gasteiger partial charge >= 0.3 is 0 Å². The summed E-state index contributed by atoms with van der Waals surface area (Å²) in [6.07, 6.45) is -0.343. The minimum Gasteiger partial charge on any atom is -0.485 e. The highest BCUT2D eigenvalue weighted by atomic mass is 32.2. The van der Waals surface area contributed by atoms with Gasteiger partial charge < -0.3 is 14.4 Å². The molecule has 0 spiro atoms. The second kappa shape index (κ2) is 6.92. The van der Waals surface area contributed by atoms with E-state index in [1.165, 1.54) is 11.3 Å². The van der Waals surface area contributed by atoms with Crippen LogP contribution < -0.4 is 9.47 Å². The number of thiophene rings is 1. The molecular formula is C18H19NO5S2. The summed E-state index contributed by atoms with van der Waals surface area (Å²) >= 11 is 1.44. The number of ether oxygens (including phenoxy) is 2. The van der Waals surface area contributed by atoms with Crippen LogP contribution in [0.4, 0.5) is 0 Å². The number of rotatable bonds is 2. The van der Waals surface area contributed by atoms with Crippen molar-refractivity contribution in [2.45, 2.75) is 17.8 Å². The standard InChI is InChI=1S/C18H19NO5S2/c20-18(15-12-23-13-4-1-2-5-14(13)24-15)19-8-7-17(16-6-3-10-25-16)26(21,22)11-9-19/h1-6,10,15,17H,7-9,11-12H2/t15-,17-/m1/s1. The van der Waals surface area contributed by atoms with Gasteiger partial charge in [0, 0.05) is 18.0 Å². The van der Waals surface area contributed by atoms with Gasteiger partial charge in [-0.1, -0.05) is 18.2 Å². The number of carbonyl (C=O) groups excluding carboxylic acids is 1. The lowest BCUT2D eigenvalue weighted by Gasteiger charge is -2.30. The lowest BCUT2D eigenvalue weighted by molar-refractivity contribution is -0.140. The first-order chi connectivity index (χ1) is 12.5. The largest absolute Gasteiger partial charge is 0.485 e. The maximum atomic E-state index is 12.8. The number of hydrogen-bond donors (Lipinski definition) is 0. The van der Waals surface area contributed by atoms with Gasteiger partial charge in [-0.3, -0.25) is 4.79 Å². The molecule has 1 aromatic heterocycles. The Kier molecular flexibility index (Phi) is 4.62. The van der Waals surface area contributed by atoms with Crippen molar-refractivity contribution >= 4 is 27.1 Å². The van der Waals surface area contributed by atoms with Crippen molar-refractivity contribution in [1.82, 2.24) is 4.90 Å². The topological polar surface area (TPSA) is 72.9 Å². The molecular weight excluding hydrogens is 374 g/mol. The Morgan fingerprint density at radius 2 is 1.92 bits per heavy atom. The summed E-state index contributed by atoms with van der Waals surface area (Å²) in [5.41, 5.74) is 0. The zero-order valence-corrected chi connectivity index (χ0v) is 15.7. The summed E-state index contributed by atoms with van der Waals surface area (Å²) in [7, 11) is -3.28. The number of nitrogens with zero attached hydrogens (tertiary/aromatic N) is 1. The molecule has 138 valence electrons. The number of fused-ring (bicyclic) bond motifs is 1. The number of carbonyl (C=O) groups is 1. The Balaban J connectivity index is 1.48. The van der Waals surface area contributed by atoms with Crippen molar-refractivity contribution in [2.24, 2.45) is 0 Å². The summed E-state index contributed by atoms with van der Waals surface area (Å²) in [5, 5.41) is 1.34. The molecule has 26 heavy (non-hydrogen) atoms. The van der Waals surface area contributed by atoms with Crippen LogP contribution in [0.3, 0.4) is 0 Å². The molecule has 1 fully saturated rings. The van der Waals surface area contributed by atoms with Gasteiger partial charge in [0.25, 0.3) is 5.91 Å². The fourth-order valence-electron chi connectivity index (χ4n) is 3.30. The Hall–Kier alpha value is -2.06. The molecule has 1 aromatic carbocycles. The molecule has 6 nitrogen and oxygen atoms in total. The normalized spacial score (nSPS) is 24.7. The number of hydrogen-bond acceptors (Lipinski definition) is 6. The van der Waals surface area contributed by atoms with E-state index in [2.05, 4.69) is 0 Å². The van der Waals surface area contributed by atoms with Gasteiger partial charge in [0.1, 0.15) is 6.61 Å². The molecule has 1 saturated heterocycles. The van der Waals surface area contributed by atoms with Crippen molar-refractivity contribution in [3.63, 3.8) is 0 Å². The third-order valence-corrected chi connectivity index (χ3v) is 7.94. The van der Waals surface area contributed by atoms with E-state index < -0.39 is 21.2 Å². The van der Waals surface area contributed by atoms with E-state index in [4.69, 9.17) is 9.47 Å². The molecule has 2 aliphatic rings. The van der Waals surface area contributed by atoms with Crippen molar-refractivity contribution in [3.05, 3.63) is 46.7 Å². The highest BCUT2D eigenvalue weighted by molar-refractivity contribution is 7.91. The summed E-state index contributed by atoms with van der Waals surface area (Å²) in [6, 6.07) is 10.9. The van der Waals surface area contributed by atoms with E-state index in [9.17, 15) is 13.2 Å². The minimum atomic E-state index is -3.28. The van der Waals surface area contributed by atoms with Crippen LogP contribution >= 0.6 is 11.3 Å². The summed E-state index contributed by atoms with van der Waals surface area (Å²) < 4.78 is 36.6. The quantitative estimate of drug-likeness (QED) is 0.783. The highest BCUT2D eigenvalue weighted by Crippen LogP contribution is 2.34. The molecule has 0 aliphatic carbocycles. The van der Waals surface area contributed by atoms with Crippen LogP contribution in [-0.2, 0) is 14.6 Å². The zero-order valence-electron chi connectivity index (χ0n) is 14.0. The zero-order chi connectivity index (χ0) is 18.1. The Morgan fingerprint density at radius 1 is 1.12 bits per heavy atom. The maximum absolute atomic E-state index is 12.8. The molecule has 2 atom stereocenters. The first kappa shape index (κ1) is 17.4. The van der Waals surface area contributed by atoms with Crippen molar-refractivity contribution in [2.75, 3.05) is 25.4 Å². The van der Waals surface area contributed by atoms with Crippen molar-refractivity contribution < 1.29 is 22.7 Å². The molecule has 2 aromatic rings. The summed E-state index contributed by atoms with van der Waals surface area (Å²) in [5.74, 6) is 0.899. The molecule has 4 rings (SSSR count). The van der Waals surface area contributed by atoms with Gasteiger partial charge in [0.05, 0.1) is 11.0 Å². The Morgan fingerprint density at radius 3 is 2.69 bits per heavy atom. The van der Waals surface area contributed by atoms with E-state index in [0.29, 0.717) is 24.5 Å².